The molecule has 98 valence electrons. The van der Waals surface area contributed by atoms with E-state index in [0.29, 0.717) is 5.56 Å². The molecule has 3 N–H and O–H groups in total. The summed E-state index contributed by atoms with van der Waals surface area (Å²) in [4.78, 5) is 0. The molecule has 0 saturated carbocycles. The monoisotopic (exact) mass is 256 g/mol. The first-order valence-electron chi connectivity index (χ1n) is 5.94. The van der Waals surface area contributed by atoms with Gasteiger partial charge >= 0.3 is 0 Å². The normalized spacial score (nSPS) is 10.8. The minimum absolute atomic E-state index is 0.140. The third-order valence-electron chi connectivity index (χ3n) is 2.91. The standard InChI is InChI=1S/C15H16N2O2/c1-10-3-5-13(7-11(10)2)17-16-9-12-4-6-14(18)15(19)8-12/h3-9,17-19H,1-2H3/b16-9+. The quantitative estimate of drug-likeness (QED) is 0.449. The average molecular weight is 256 g/mol. The number of hydrazone groups is 1. The fraction of sp³-hybridized carbons (Fsp3) is 0.133. The van der Waals surface area contributed by atoms with Gasteiger partial charge in [-0.3, -0.25) is 5.43 Å². The molecule has 0 atom stereocenters. The zero-order chi connectivity index (χ0) is 13.8. The Kier molecular flexibility index (Phi) is 3.71. The molecule has 0 saturated heterocycles. The van der Waals surface area contributed by atoms with Crippen molar-refractivity contribution in [2.45, 2.75) is 13.8 Å². The number of phenols is 2. The lowest BCUT2D eigenvalue weighted by molar-refractivity contribution is 0.403. The number of benzene rings is 2. The van der Waals surface area contributed by atoms with Crippen molar-refractivity contribution in [3.05, 3.63) is 53.1 Å². The summed E-state index contributed by atoms with van der Waals surface area (Å²) in [6.07, 6.45) is 1.58. The van der Waals surface area contributed by atoms with Crippen molar-refractivity contribution in [2.24, 2.45) is 5.10 Å². The summed E-state index contributed by atoms with van der Waals surface area (Å²) >= 11 is 0. The molecule has 2 aromatic carbocycles. The third-order valence-corrected chi connectivity index (χ3v) is 2.91. The van der Waals surface area contributed by atoms with Crippen LogP contribution in [0.4, 0.5) is 5.69 Å². The fourth-order valence-electron chi connectivity index (χ4n) is 1.61. The van der Waals surface area contributed by atoms with E-state index in [-0.39, 0.29) is 11.5 Å². The van der Waals surface area contributed by atoms with Crippen LogP contribution >= 0.6 is 0 Å². The molecule has 0 aliphatic rings. The number of hydrogen-bond acceptors (Lipinski definition) is 4. The molecule has 0 bridgehead atoms. The van der Waals surface area contributed by atoms with Gasteiger partial charge in [0, 0.05) is 0 Å². The van der Waals surface area contributed by atoms with E-state index in [1.54, 1.807) is 12.3 Å². The van der Waals surface area contributed by atoms with Crippen molar-refractivity contribution >= 4 is 11.9 Å². The number of nitrogens with zero attached hydrogens (tertiary/aromatic N) is 1. The highest BCUT2D eigenvalue weighted by Crippen LogP contribution is 2.24. The second kappa shape index (κ2) is 5.44. The van der Waals surface area contributed by atoms with Crippen LogP contribution in [0.3, 0.4) is 0 Å². The first-order valence-corrected chi connectivity index (χ1v) is 5.94. The zero-order valence-corrected chi connectivity index (χ0v) is 10.9. The lowest BCUT2D eigenvalue weighted by atomic mass is 10.1. The molecule has 0 amide bonds. The second-order valence-electron chi connectivity index (χ2n) is 4.42. The van der Waals surface area contributed by atoms with Crippen LogP contribution in [0.1, 0.15) is 16.7 Å². The molecule has 4 nitrogen and oxygen atoms in total. The van der Waals surface area contributed by atoms with Gasteiger partial charge in [0.1, 0.15) is 0 Å². The molecule has 0 heterocycles. The fourth-order valence-corrected chi connectivity index (χ4v) is 1.61. The van der Waals surface area contributed by atoms with Gasteiger partial charge in [0.2, 0.25) is 0 Å². The van der Waals surface area contributed by atoms with Crippen LogP contribution in [0.25, 0.3) is 0 Å². The van der Waals surface area contributed by atoms with Crippen molar-refractivity contribution in [1.82, 2.24) is 0 Å². The number of nitrogens with one attached hydrogen (secondary N) is 1. The smallest absolute Gasteiger partial charge is 0.158 e. The van der Waals surface area contributed by atoms with E-state index in [0.717, 1.165) is 5.69 Å². The van der Waals surface area contributed by atoms with Gasteiger partial charge in [0.15, 0.2) is 11.5 Å². The summed E-state index contributed by atoms with van der Waals surface area (Å²) in [5, 5.41) is 22.6. The van der Waals surface area contributed by atoms with E-state index < -0.39 is 0 Å². The van der Waals surface area contributed by atoms with Gasteiger partial charge in [0.05, 0.1) is 11.9 Å². The van der Waals surface area contributed by atoms with Gasteiger partial charge in [-0.25, -0.2) is 0 Å². The molecule has 4 heteroatoms. The van der Waals surface area contributed by atoms with Crippen LogP contribution in [0, 0.1) is 13.8 Å². The highest BCUT2D eigenvalue weighted by Gasteiger charge is 1.98. The predicted octanol–water partition coefficient (Wildman–Crippen LogP) is 3.16. The topological polar surface area (TPSA) is 64.9 Å². The Morgan fingerprint density at radius 2 is 1.74 bits per heavy atom. The number of aryl methyl sites for hydroxylation is 2. The molecule has 0 fully saturated rings. The van der Waals surface area contributed by atoms with Crippen molar-refractivity contribution in [3.8, 4) is 11.5 Å². The number of anilines is 1. The maximum absolute atomic E-state index is 9.35. The first kappa shape index (κ1) is 13.0. The van der Waals surface area contributed by atoms with Crippen LogP contribution in [-0.4, -0.2) is 16.4 Å². The molecule has 19 heavy (non-hydrogen) atoms. The molecule has 2 aromatic rings. The minimum Gasteiger partial charge on any atom is -0.504 e. The molecule has 0 spiro atoms. The van der Waals surface area contributed by atoms with E-state index in [2.05, 4.69) is 17.5 Å². The third kappa shape index (κ3) is 3.25. The van der Waals surface area contributed by atoms with Crippen LogP contribution in [0.15, 0.2) is 41.5 Å². The Morgan fingerprint density at radius 3 is 2.42 bits per heavy atom. The van der Waals surface area contributed by atoms with E-state index in [1.807, 2.05) is 25.1 Å². The van der Waals surface area contributed by atoms with Gasteiger partial charge in [-0.05, 0) is 60.9 Å². The first-order chi connectivity index (χ1) is 9.06. The molecule has 0 aliphatic carbocycles. The predicted molar refractivity (Wildman–Crippen MR) is 76.9 cm³/mol. The molecule has 0 unspecified atom stereocenters. The van der Waals surface area contributed by atoms with E-state index >= 15 is 0 Å². The average Bonchev–Trinajstić information content (AvgIpc) is 2.38. The summed E-state index contributed by atoms with van der Waals surface area (Å²) in [5.41, 5.74) is 6.96. The van der Waals surface area contributed by atoms with Crippen LogP contribution in [-0.2, 0) is 0 Å². The van der Waals surface area contributed by atoms with Gasteiger partial charge in [-0.1, -0.05) is 6.07 Å². The lowest BCUT2D eigenvalue weighted by Gasteiger charge is -2.04. The molecule has 0 radical (unpaired) electrons. The minimum atomic E-state index is -0.157. The molecule has 0 aliphatic heterocycles. The largest absolute Gasteiger partial charge is 0.504 e. The molecular formula is C15H16N2O2. The van der Waals surface area contributed by atoms with Crippen LogP contribution in [0.2, 0.25) is 0 Å². The van der Waals surface area contributed by atoms with Crippen LogP contribution < -0.4 is 5.43 Å². The summed E-state index contributed by atoms with van der Waals surface area (Å²) in [5.74, 6) is -0.297. The Morgan fingerprint density at radius 1 is 0.947 bits per heavy atom. The van der Waals surface area contributed by atoms with E-state index in [1.165, 1.54) is 23.3 Å². The maximum atomic E-state index is 9.35. The maximum Gasteiger partial charge on any atom is 0.158 e. The Labute approximate surface area is 112 Å². The summed E-state index contributed by atoms with van der Waals surface area (Å²) in [6.45, 7) is 4.10. The Bertz CT molecular complexity index is 622. The van der Waals surface area contributed by atoms with Gasteiger partial charge in [-0.2, -0.15) is 5.10 Å². The molecule has 2 rings (SSSR count). The number of aromatic hydroxyl groups is 2. The van der Waals surface area contributed by atoms with Gasteiger partial charge in [-0.15, -0.1) is 0 Å². The zero-order valence-electron chi connectivity index (χ0n) is 10.9. The van der Waals surface area contributed by atoms with Crippen molar-refractivity contribution in [1.29, 1.82) is 0 Å². The second-order valence-corrected chi connectivity index (χ2v) is 4.42. The highest BCUT2D eigenvalue weighted by atomic mass is 16.3. The molecule has 0 aromatic heterocycles. The van der Waals surface area contributed by atoms with Crippen molar-refractivity contribution < 1.29 is 10.2 Å². The highest BCUT2D eigenvalue weighted by molar-refractivity contribution is 5.81. The van der Waals surface area contributed by atoms with E-state index in [4.69, 9.17) is 0 Å². The van der Waals surface area contributed by atoms with Crippen LogP contribution in [0.5, 0.6) is 11.5 Å². The lowest BCUT2D eigenvalue weighted by Crippen LogP contribution is -1.92. The summed E-state index contributed by atoms with van der Waals surface area (Å²) in [6, 6.07) is 10.5. The number of phenolic OH excluding ortho intramolecular Hbond substituents is 2. The van der Waals surface area contributed by atoms with Crippen molar-refractivity contribution in [3.63, 3.8) is 0 Å². The van der Waals surface area contributed by atoms with Gasteiger partial charge < -0.3 is 10.2 Å². The SMILES string of the molecule is Cc1ccc(N/N=C/c2ccc(O)c(O)c2)cc1C. The van der Waals surface area contributed by atoms with E-state index in [9.17, 15) is 10.2 Å². The molecular weight excluding hydrogens is 240 g/mol. The Balaban J connectivity index is 2.06. The number of hydrogen-bond donors (Lipinski definition) is 3. The summed E-state index contributed by atoms with van der Waals surface area (Å²) in [7, 11) is 0. The van der Waals surface area contributed by atoms with Crippen molar-refractivity contribution in [2.75, 3.05) is 5.43 Å². The Hall–Kier alpha value is -2.49. The van der Waals surface area contributed by atoms with Gasteiger partial charge in [0.25, 0.3) is 0 Å². The number of rotatable bonds is 3. The summed E-state index contributed by atoms with van der Waals surface area (Å²) < 4.78 is 0.